The second-order valence-electron chi connectivity index (χ2n) is 5.61. The fourth-order valence-electron chi connectivity index (χ4n) is 2.80. The van der Waals surface area contributed by atoms with Crippen LogP contribution in [0.3, 0.4) is 0 Å². The number of aliphatic carboxylic acids is 1. The Kier molecular flexibility index (Phi) is 4.71. The zero-order chi connectivity index (χ0) is 15.6. The first kappa shape index (κ1) is 16.0. The number of thioether (sulfide) groups is 1. The molecule has 4 nitrogen and oxygen atoms in total. The van der Waals surface area contributed by atoms with Crippen molar-refractivity contribution in [3.8, 4) is 11.5 Å². The standard InChI is InChI=1S/C16H22O4S/c1-10(2)21-11-8-12(19-3)14(13(9-11)20-4)16(15(17)18)6-5-7-16/h8-10H,5-7H2,1-4H3,(H,17,18). The molecule has 5 heteroatoms. The van der Waals surface area contributed by atoms with Crippen molar-refractivity contribution in [1.29, 1.82) is 0 Å². The molecule has 1 aliphatic carbocycles. The number of carbonyl (C=O) groups is 1. The van der Waals surface area contributed by atoms with Crippen molar-refractivity contribution < 1.29 is 19.4 Å². The number of benzene rings is 1. The van der Waals surface area contributed by atoms with Crippen molar-refractivity contribution in [3.05, 3.63) is 17.7 Å². The Hall–Kier alpha value is -1.36. The summed E-state index contributed by atoms with van der Waals surface area (Å²) in [7, 11) is 3.16. The van der Waals surface area contributed by atoms with E-state index in [0.717, 1.165) is 11.3 Å². The van der Waals surface area contributed by atoms with Gasteiger partial charge in [0.05, 0.1) is 25.2 Å². The molecule has 21 heavy (non-hydrogen) atoms. The average Bonchev–Trinajstić information content (AvgIpc) is 2.37. The van der Waals surface area contributed by atoms with Crippen LogP contribution in [-0.4, -0.2) is 30.5 Å². The van der Waals surface area contributed by atoms with Crippen LogP contribution in [-0.2, 0) is 10.2 Å². The molecule has 0 radical (unpaired) electrons. The molecule has 0 saturated heterocycles. The number of rotatable bonds is 6. The van der Waals surface area contributed by atoms with Crippen LogP contribution in [0.1, 0.15) is 38.7 Å². The van der Waals surface area contributed by atoms with Crippen molar-refractivity contribution in [2.45, 2.75) is 48.7 Å². The van der Waals surface area contributed by atoms with Gasteiger partial charge in [-0.25, -0.2) is 0 Å². The highest BCUT2D eigenvalue weighted by Crippen LogP contribution is 2.52. The van der Waals surface area contributed by atoms with E-state index in [-0.39, 0.29) is 0 Å². The van der Waals surface area contributed by atoms with Crippen molar-refractivity contribution in [2.75, 3.05) is 14.2 Å². The molecule has 1 aromatic carbocycles. The molecule has 116 valence electrons. The summed E-state index contributed by atoms with van der Waals surface area (Å²) < 4.78 is 11.0. The Morgan fingerprint density at radius 1 is 1.24 bits per heavy atom. The van der Waals surface area contributed by atoms with Gasteiger partial charge in [-0.3, -0.25) is 4.79 Å². The van der Waals surface area contributed by atoms with Gasteiger partial charge in [-0.1, -0.05) is 20.3 Å². The maximum atomic E-state index is 11.8. The summed E-state index contributed by atoms with van der Waals surface area (Å²) in [5, 5.41) is 10.1. The largest absolute Gasteiger partial charge is 0.496 e. The second kappa shape index (κ2) is 6.18. The third-order valence-electron chi connectivity index (χ3n) is 3.95. The van der Waals surface area contributed by atoms with Crippen LogP contribution in [0.2, 0.25) is 0 Å². The van der Waals surface area contributed by atoms with Gasteiger partial charge < -0.3 is 14.6 Å². The highest BCUT2D eigenvalue weighted by atomic mass is 32.2. The Morgan fingerprint density at radius 2 is 1.76 bits per heavy atom. The maximum absolute atomic E-state index is 11.8. The molecular formula is C16H22O4S. The molecular weight excluding hydrogens is 288 g/mol. The highest BCUT2D eigenvalue weighted by molar-refractivity contribution is 7.99. The molecule has 0 amide bonds. The monoisotopic (exact) mass is 310 g/mol. The first-order valence-corrected chi connectivity index (χ1v) is 7.99. The Balaban J connectivity index is 2.56. The Bertz CT molecular complexity index is 510. The lowest BCUT2D eigenvalue weighted by molar-refractivity contribution is -0.147. The summed E-state index contributed by atoms with van der Waals surface area (Å²) in [6.45, 7) is 4.23. The van der Waals surface area contributed by atoms with Gasteiger partial charge in [-0.05, 0) is 25.0 Å². The van der Waals surface area contributed by atoms with Gasteiger partial charge in [0.1, 0.15) is 11.5 Å². The molecule has 0 spiro atoms. The minimum absolute atomic E-state index is 0.433. The lowest BCUT2D eigenvalue weighted by Gasteiger charge is -2.39. The van der Waals surface area contributed by atoms with Gasteiger partial charge in [0, 0.05) is 10.1 Å². The quantitative estimate of drug-likeness (QED) is 0.812. The number of hydrogen-bond donors (Lipinski definition) is 1. The van der Waals surface area contributed by atoms with Crippen LogP contribution < -0.4 is 9.47 Å². The summed E-state index contributed by atoms with van der Waals surface area (Å²) in [5.41, 5.74) is -0.183. The minimum atomic E-state index is -0.863. The first-order chi connectivity index (χ1) is 9.94. The van der Waals surface area contributed by atoms with Gasteiger partial charge in [0.25, 0.3) is 0 Å². The van der Waals surface area contributed by atoms with E-state index >= 15 is 0 Å². The van der Waals surface area contributed by atoms with E-state index in [2.05, 4.69) is 13.8 Å². The molecule has 1 fully saturated rings. The van der Waals surface area contributed by atoms with E-state index in [1.807, 2.05) is 12.1 Å². The van der Waals surface area contributed by atoms with Gasteiger partial charge in [0.15, 0.2) is 0 Å². The molecule has 0 heterocycles. The summed E-state index contributed by atoms with van der Waals surface area (Å²) in [6.07, 6.45) is 2.18. The van der Waals surface area contributed by atoms with Crippen molar-refractivity contribution in [1.82, 2.24) is 0 Å². The predicted molar refractivity (Wildman–Crippen MR) is 83.7 cm³/mol. The molecule has 1 N–H and O–H groups in total. The van der Waals surface area contributed by atoms with Crippen LogP contribution >= 0.6 is 11.8 Å². The average molecular weight is 310 g/mol. The Labute approximate surface area is 129 Å². The van der Waals surface area contributed by atoms with E-state index in [9.17, 15) is 9.90 Å². The van der Waals surface area contributed by atoms with Gasteiger partial charge in [-0.2, -0.15) is 0 Å². The summed E-state index contributed by atoms with van der Waals surface area (Å²) in [4.78, 5) is 12.8. The topological polar surface area (TPSA) is 55.8 Å². The third-order valence-corrected chi connectivity index (χ3v) is 4.93. The van der Waals surface area contributed by atoms with Gasteiger partial charge in [-0.15, -0.1) is 11.8 Å². The maximum Gasteiger partial charge on any atom is 0.314 e. The van der Waals surface area contributed by atoms with E-state index in [0.29, 0.717) is 35.2 Å². The normalized spacial score (nSPS) is 16.4. The summed E-state index contributed by atoms with van der Waals surface area (Å²) in [6, 6.07) is 3.84. The lowest BCUT2D eigenvalue weighted by atomic mass is 9.64. The highest BCUT2D eigenvalue weighted by Gasteiger charge is 2.49. The summed E-state index contributed by atoms with van der Waals surface area (Å²) >= 11 is 1.70. The zero-order valence-electron chi connectivity index (χ0n) is 12.9. The lowest BCUT2D eigenvalue weighted by Crippen LogP contribution is -2.42. The minimum Gasteiger partial charge on any atom is -0.496 e. The van der Waals surface area contributed by atoms with Gasteiger partial charge in [0.2, 0.25) is 0 Å². The van der Waals surface area contributed by atoms with E-state index in [1.165, 1.54) is 0 Å². The Morgan fingerprint density at radius 3 is 2.05 bits per heavy atom. The number of hydrogen-bond acceptors (Lipinski definition) is 4. The van der Waals surface area contributed by atoms with Crippen molar-refractivity contribution in [3.63, 3.8) is 0 Å². The SMILES string of the molecule is COc1cc(SC(C)C)cc(OC)c1C1(C(=O)O)CCC1. The molecule has 0 unspecified atom stereocenters. The predicted octanol–water partition coefficient (Wildman–Crippen LogP) is 3.71. The van der Waals surface area contributed by atoms with Crippen LogP contribution in [0.15, 0.2) is 17.0 Å². The molecule has 0 atom stereocenters. The molecule has 0 bridgehead atoms. The molecule has 1 saturated carbocycles. The fourth-order valence-corrected chi connectivity index (χ4v) is 3.70. The molecule has 0 aromatic heterocycles. The fraction of sp³-hybridized carbons (Fsp3) is 0.562. The van der Waals surface area contributed by atoms with Crippen LogP contribution in [0.5, 0.6) is 11.5 Å². The van der Waals surface area contributed by atoms with Crippen LogP contribution in [0.4, 0.5) is 0 Å². The van der Waals surface area contributed by atoms with Crippen molar-refractivity contribution >= 4 is 17.7 Å². The van der Waals surface area contributed by atoms with Gasteiger partial charge >= 0.3 is 5.97 Å². The van der Waals surface area contributed by atoms with Crippen molar-refractivity contribution in [2.24, 2.45) is 0 Å². The second-order valence-corrected chi connectivity index (χ2v) is 7.26. The van der Waals surface area contributed by atoms with E-state index < -0.39 is 11.4 Å². The zero-order valence-corrected chi connectivity index (χ0v) is 13.8. The molecule has 0 aliphatic heterocycles. The van der Waals surface area contributed by atoms with E-state index in [4.69, 9.17) is 9.47 Å². The van der Waals surface area contributed by atoms with E-state index in [1.54, 1.807) is 26.0 Å². The molecule has 1 aliphatic rings. The smallest absolute Gasteiger partial charge is 0.314 e. The number of ether oxygens (including phenoxy) is 2. The van der Waals surface area contributed by atoms with Crippen LogP contribution in [0.25, 0.3) is 0 Å². The molecule has 1 aromatic rings. The summed E-state index contributed by atoms with van der Waals surface area (Å²) in [5.74, 6) is 0.425. The number of carboxylic acids is 1. The van der Waals surface area contributed by atoms with Crippen LogP contribution in [0, 0.1) is 0 Å². The molecule has 2 rings (SSSR count). The number of methoxy groups -OCH3 is 2. The first-order valence-electron chi connectivity index (χ1n) is 7.11. The number of carboxylic acid groups (broad SMARTS) is 1. The third kappa shape index (κ3) is 2.84.